The maximum Gasteiger partial charge on any atom is 0.326 e. The van der Waals surface area contributed by atoms with Crippen molar-refractivity contribution in [1.29, 1.82) is 0 Å². The van der Waals surface area contributed by atoms with Crippen molar-refractivity contribution in [3.63, 3.8) is 0 Å². The molecule has 4 unspecified atom stereocenters. The molecule has 0 radical (unpaired) electrons. The number of carbonyl (C=O) groups excluding carboxylic acids is 5. The van der Waals surface area contributed by atoms with Crippen LogP contribution in [-0.4, -0.2) is 86.8 Å². The number of carboxylic acids is 1. The Morgan fingerprint density at radius 1 is 0.972 bits per heavy atom. The van der Waals surface area contributed by atoms with Gasteiger partial charge in [0.1, 0.15) is 18.1 Å². The van der Waals surface area contributed by atoms with Gasteiger partial charge in [-0.15, -0.1) is 0 Å². The molecule has 4 atom stereocenters. The molecule has 1 heterocycles. The minimum atomic E-state index is -1.56. The molecular formula is C20H32N8O7S. The SMILES string of the molecule is CSCCC(N)C(=O)NC(CCC(N)=O)C(=O)NC(CC(N)=O)C(=O)NC(Cc1cnc[nH]1)C(=O)O. The zero-order chi connectivity index (χ0) is 27.3. The molecule has 0 aliphatic carbocycles. The van der Waals surface area contributed by atoms with Crippen LogP contribution in [0.25, 0.3) is 0 Å². The van der Waals surface area contributed by atoms with Crippen LogP contribution in [0.15, 0.2) is 12.5 Å². The smallest absolute Gasteiger partial charge is 0.326 e. The normalized spacial score (nSPS) is 14.1. The second kappa shape index (κ2) is 15.4. The van der Waals surface area contributed by atoms with Gasteiger partial charge in [0.15, 0.2) is 0 Å². The molecule has 1 aromatic rings. The van der Waals surface area contributed by atoms with Gasteiger partial charge in [-0.05, 0) is 24.9 Å². The number of thioether (sulfide) groups is 1. The zero-order valence-electron chi connectivity index (χ0n) is 19.7. The molecule has 16 heteroatoms. The molecular weight excluding hydrogens is 496 g/mol. The fraction of sp³-hybridized carbons (Fsp3) is 0.550. The lowest BCUT2D eigenvalue weighted by molar-refractivity contribution is -0.142. The number of amides is 5. The number of aromatic nitrogens is 2. The zero-order valence-corrected chi connectivity index (χ0v) is 20.5. The van der Waals surface area contributed by atoms with E-state index in [0.29, 0.717) is 17.9 Å². The van der Waals surface area contributed by atoms with Crippen LogP contribution in [0.1, 0.15) is 31.4 Å². The summed E-state index contributed by atoms with van der Waals surface area (Å²) < 4.78 is 0. The Morgan fingerprint density at radius 3 is 2.11 bits per heavy atom. The Balaban J connectivity index is 2.99. The predicted molar refractivity (Wildman–Crippen MR) is 129 cm³/mol. The van der Waals surface area contributed by atoms with Gasteiger partial charge in [0.2, 0.25) is 29.5 Å². The van der Waals surface area contributed by atoms with Crippen LogP contribution in [0, 0.1) is 0 Å². The second-order valence-corrected chi connectivity index (χ2v) is 8.85. The lowest BCUT2D eigenvalue weighted by Crippen LogP contribution is -2.58. The lowest BCUT2D eigenvalue weighted by Gasteiger charge is -2.24. The number of aromatic amines is 1. The number of rotatable bonds is 17. The van der Waals surface area contributed by atoms with E-state index < -0.39 is 66.1 Å². The highest BCUT2D eigenvalue weighted by Crippen LogP contribution is 2.05. The minimum absolute atomic E-state index is 0.149. The first-order valence-electron chi connectivity index (χ1n) is 10.9. The third kappa shape index (κ3) is 11.2. The number of aliphatic carboxylic acids is 1. The molecule has 0 aliphatic heterocycles. The Bertz CT molecular complexity index is 927. The number of imidazole rings is 1. The minimum Gasteiger partial charge on any atom is -0.480 e. The number of carbonyl (C=O) groups is 6. The largest absolute Gasteiger partial charge is 0.480 e. The molecule has 0 saturated carbocycles. The monoisotopic (exact) mass is 528 g/mol. The highest BCUT2D eigenvalue weighted by molar-refractivity contribution is 7.98. The maximum absolute atomic E-state index is 12.9. The molecule has 0 fully saturated rings. The van der Waals surface area contributed by atoms with Crippen LogP contribution in [0.3, 0.4) is 0 Å². The van der Waals surface area contributed by atoms with Gasteiger partial charge in [-0.3, -0.25) is 24.0 Å². The average Bonchev–Trinajstić information content (AvgIpc) is 3.31. The number of nitrogens with zero attached hydrogens (tertiary/aromatic N) is 1. The van der Waals surface area contributed by atoms with E-state index in [9.17, 15) is 33.9 Å². The van der Waals surface area contributed by atoms with E-state index in [4.69, 9.17) is 17.2 Å². The van der Waals surface area contributed by atoms with Crippen molar-refractivity contribution < 1.29 is 33.9 Å². The molecule has 15 nitrogen and oxygen atoms in total. The molecule has 5 amide bonds. The number of carboxylic acid groups (broad SMARTS) is 1. The van der Waals surface area contributed by atoms with Crippen LogP contribution in [0.2, 0.25) is 0 Å². The van der Waals surface area contributed by atoms with Crippen molar-refractivity contribution in [1.82, 2.24) is 25.9 Å². The van der Waals surface area contributed by atoms with E-state index in [1.165, 1.54) is 24.3 Å². The van der Waals surface area contributed by atoms with Crippen LogP contribution in [-0.2, 0) is 35.2 Å². The molecule has 1 rings (SSSR count). The van der Waals surface area contributed by atoms with Gasteiger partial charge in [-0.25, -0.2) is 9.78 Å². The van der Waals surface area contributed by atoms with Crippen LogP contribution in [0.5, 0.6) is 0 Å². The number of hydrogen-bond donors (Lipinski definition) is 8. The summed E-state index contributed by atoms with van der Waals surface area (Å²) in [6, 6.07) is -5.21. The van der Waals surface area contributed by atoms with Gasteiger partial charge in [0.05, 0.1) is 18.8 Å². The number of hydrogen-bond acceptors (Lipinski definition) is 9. The van der Waals surface area contributed by atoms with Crippen molar-refractivity contribution >= 4 is 47.3 Å². The number of nitrogens with two attached hydrogens (primary N) is 3. The Labute approximate surface area is 211 Å². The van der Waals surface area contributed by atoms with Crippen molar-refractivity contribution in [2.45, 2.75) is 56.3 Å². The third-order valence-electron chi connectivity index (χ3n) is 4.91. The summed E-state index contributed by atoms with van der Waals surface area (Å²) in [6.45, 7) is 0. The number of nitrogens with one attached hydrogen (secondary N) is 4. The van der Waals surface area contributed by atoms with E-state index in [2.05, 4.69) is 25.9 Å². The van der Waals surface area contributed by atoms with E-state index in [0.717, 1.165) is 0 Å². The summed E-state index contributed by atoms with van der Waals surface area (Å²) in [7, 11) is 0. The van der Waals surface area contributed by atoms with Crippen LogP contribution < -0.4 is 33.2 Å². The fourth-order valence-corrected chi connectivity index (χ4v) is 3.47. The number of H-pyrrole nitrogens is 1. The van der Waals surface area contributed by atoms with Gasteiger partial charge in [-0.2, -0.15) is 11.8 Å². The predicted octanol–water partition coefficient (Wildman–Crippen LogP) is -3.29. The summed E-state index contributed by atoms with van der Waals surface area (Å²) in [6.07, 6.45) is 3.60. The van der Waals surface area contributed by atoms with Gasteiger partial charge >= 0.3 is 5.97 Å². The standard InChI is InChI=1S/C20H32N8O7S/c1-36-5-4-11(21)17(31)26-12(2-3-15(22)29)18(32)27-13(7-16(23)30)19(33)28-14(20(34)35)6-10-8-24-9-25-10/h8-9,11-14H,2-7,21H2,1H3,(H2,22,29)(H2,23,30)(H,24,25)(H,26,31)(H,27,32)(H,28,33)(H,34,35). The Kier molecular flexibility index (Phi) is 13.0. The highest BCUT2D eigenvalue weighted by Gasteiger charge is 2.31. The molecule has 0 saturated heterocycles. The highest BCUT2D eigenvalue weighted by atomic mass is 32.2. The van der Waals surface area contributed by atoms with Crippen LogP contribution in [0.4, 0.5) is 0 Å². The summed E-state index contributed by atoms with van der Waals surface area (Å²) in [5, 5.41) is 16.4. The molecule has 0 aromatic carbocycles. The molecule has 0 aliphatic rings. The summed E-state index contributed by atoms with van der Waals surface area (Å²) in [4.78, 5) is 79.0. The molecule has 1 aromatic heterocycles. The summed E-state index contributed by atoms with van der Waals surface area (Å²) in [5.74, 6) is -5.02. The molecule has 200 valence electrons. The van der Waals surface area contributed by atoms with E-state index in [1.54, 1.807) is 0 Å². The van der Waals surface area contributed by atoms with Crippen molar-refractivity contribution in [3.8, 4) is 0 Å². The Morgan fingerprint density at radius 2 is 1.58 bits per heavy atom. The Hall–Kier alpha value is -3.66. The van der Waals surface area contributed by atoms with Gasteiger partial charge in [0.25, 0.3) is 0 Å². The molecule has 11 N–H and O–H groups in total. The van der Waals surface area contributed by atoms with Gasteiger partial charge in [0, 0.05) is 24.7 Å². The van der Waals surface area contributed by atoms with E-state index in [1.807, 2.05) is 6.26 Å². The van der Waals surface area contributed by atoms with Crippen molar-refractivity contribution in [2.24, 2.45) is 17.2 Å². The first-order chi connectivity index (χ1) is 16.9. The quantitative estimate of drug-likeness (QED) is 0.0998. The molecule has 36 heavy (non-hydrogen) atoms. The molecule has 0 spiro atoms. The van der Waals surface area contributed by atoms with Crippen molar-refractivity contribution in [2.75, 3.05) is 12.0 Å². The topological polar surface area (TPSA) is 265 Å². The number of primary amides is 2. The van der Waals surface area contributed by atoms with E-state index in [-0.39, 0.29) is 19.3 Å². The maximum atomic E-state index is 12.9. The lowest BCUT2D eigenvalue weighted by atomic mass is 10.1. The third-order valence-corrected chi connectivity index (χ3v) is 5.56. The first-order valence-corrected chi connectivity index (χ1v) is 12.3. The summed E-state index contributed by atoms with van der Waals surface area (Å²) >= 11 is 1.48. The van der Waals surface area contributed by atoms with Crippen LogP contribution >= 0.6 is 11.8 Å². The fourth-order valence-electron chi connectivity index (χ4n) is 2.98. The van der Waals surface area contributed by atoms with E-state index >= 15 is 0 Å². The average molecular weight is 529 g/mol. The summed E-state index contributed by atoms with van der Waals surface area (Å²) in [5.41, 5.74) is 16.6. The first kappa shape index (κ1) is 30.4. The van der Waals surface area contributed by atoms with Crippen molar-refractivity contribution in [3.05, 3.63) is 18.2 Å². The van der Waals surface area contributed by atoms with Gasteiger partial charge in [-0.1, -0.05) is 0 Å². The van der Waals surface area contributed by atoms with Gasteiger partial charge < -0.3 is 43.2 Å². The second-order valence-electron chi connectivity index (χ2n) is 7.87. The molecule has 0 bridgehead atoms.